The average Bonchev–Trinajstić information content (AvgIpc) is 2.69. The number of amides is 1. The molecule has 0 aliphatic carbocycles. The minimum atomic E-state index is -0.822. The van der Waals surface area contributed by atoms with E-state index in [0.717, 1.165) is 19.4 Å². The second kappa shape index (κ2) is 6.92. The van der Waals surface area contributed by atoms with Gasteiger partial charge in [-0.25, -0.2) is 4.79 Å². The fourth-order valence-corrected chi connectivity index (χ4v) is 2.40. The Morgan fingerprint density at radius 3 is 2.55 bits per heavy atom. The van der Waals surface area contributed by atoms with Crippen LogP contribution in [-0.2, 0) is 9.53 Å². The first kappa shape index (κ1) is 16.8. The van der Waals surface area contributed by atoms with Crippen molar-refractivity contribution in [3.63, 3.8) is 0 Å². The Bertz CT molecular complexity index is 352. The van der Waals surface area contributed by atoms with Crippen LogP contribution in [0.4, 0.5) is 4.79 Å². The Hall–Kier alpha value is -1.30. The van der Waals surface area contributed by atoms with Gasteiger partial charge in [0.2, 0.25) is 0 Å². The zero-order valence-electron chi connectivity index (χ0n) is 12.9. The van der Waals surface area contributed by atoms with Crippen molar-refractivity contribution in [2.75, 3.05) is 26.2 Å². The van der Waals surface area contributed by atoms with E-state index in [1.165, 1.54) is 0 Å². The lowest BCUT2D eigenvalue weighted by Crippen LogP contribution is -2.46. The molecule has 1 N–H and O–H groups in total. The number of rotatable bonds is 5. The van der Waals surface area contributed by atoms with Gasteiger partial charge in [0.25, 0.3) is 0 Å². The van der Waals surface area contributed by atoms with E-state index in [0.29, 0.717) is 13.1 Å². The first-order chi connectivity index (χ1) is 9.23. The van der Waals surface area contributed by atoms with E-state index in [1.807, 2.05) is 32.6 Å². The van der Waals surface area contributed by atoms with E-state index < -0.39 is 11.6 Å². The third-order valence-corrected chi connectivity index (χ3v) is 3.30. The van der Waals surface area contributed by atoms with Crippen molar-refractivity contribution < 1.29 is 19.4 Å². The monoisotopic (exact) mass is 286 g/mol. The van der Waals surface area contributed by atoms with Crippen molar-refractivity contribution in [3.8, 4) is 0 Å². The second-order valence-electron chi connectivity index (χ2n) is 6.18. The molecule has 0 saturated carbocycles. The summed E-state index contributed by atoms with van der Waals surface area (Å²) in [7, 11) is 0. The third kappa shape index (κ3) is 5.36. The average molecular weight is 286 g/mol. The van der Waals surface area contributed by atoms with Crippen molar-refractivity contribution in [2.45, 2.75) is 52.2 Å². The molecule has 0 bridgehead atoms. The van der Waals surface area contributed by atoms with Gasteiger partial charge < -0.3 is 14.7 Å². The number of hydrogen-bond acceptors (Lipinski definition) is 4. The number of carboxylic acids is 1. The van der Waals surface area contributed by atoms with Crippen LogP contribution in [-0.4, -0.2) is 64.8 Å². The summed E-state index contributed by atoms with van der Waals surface area (Å²) in [6.07, 6.45) is 1.57. The van der Waals surface area contributed by atoms with Crippen LogP contribution in [0.15, 0.2) is 0 Å². The highest BCUT2D eigenvalue weighted by atomic mass is 16.6. The van der Waals surface area contributed by atoms with Crippen LogP contribution >= 0.6 is 0 Å². The van der Waals surface area contributed by atoms with Crippen molar-refractivity contribution >= 4 is 12.1 Å². The molecule has 1 amide bonds. The molecule has 1 rings (SSSR count). The summed E-state index contributed by atoms with van der Waals surface area (Å²) in [6.45, 7) is 9.33. The van der Waals surface area contributed by atoms with Crippen molar-refractivity contribution in [1.29, 1.82) is 0 Å². The fraction of sp³-hybridized carbons (Fsp3) is 0.857. The molecule has 1 heterocycles. The molecule has 0 aromatic rings. The zero-order valence-corrected chi connectivity index (χ0v) is 12.9. The molecule has 0 aromatic heterocycles. The summed E-state index contributed by atoms with van der Waals surface area (Å²) < 4.78 is 5.37. The van der Waals surface area contributed by atoms with E-state index in [-0.39, 0.29) is 18.7 Å². The predicted molar refractivity (Wildman–Crippen MR) is 75.7 cm³/mol. The van der Waals surface area contributed by atoms with Crippen LogP contribution in [0, 0.1) is 0 Å². The van der Waals surface area contributed by atoms with Gasteiger partial charge in [0, 0.05) is 19.1 Å². The van der Waals surface area contributed by atoms with Crippen molar-refractivity contribution in [1.82, 2.24) is 9.80 Å². The molecule has 20 heavy (non-hydrogen) atoms. The highest BCUT2D eigenvalue weighted by Crippen LogP contribution is 2.19. The largest absolute Gasteiger partial charge is 0.480 e. The molecular formula is C14H26N2O4. The van der Waals surface area contributed by atoms with Gasteiger partial charge in [0.05, 0.1) is 6.54 Å². The molecule has 1 aliphatic heterocycles. The number of hydrogen-bond donors (Lipinski definition) is 1. The summed E-state index contributed by atoms with van der Waals surface area (Å²) in [5.41, 5.74) is -0.513. The molecule has 116 valence electrons. The minimum absolute atomic E-state index is 0.0382. The number of likely N-dealkylation sites (tertiary alicyclic amines) is 1. The van der Waals surface area contributed by atoms with E-state index in [4.69, 9.17) is 9.84 Å². The Morgan fingerprint density at radius 1 is 1.40 bits per heavy atom. The number of likely N-dealkylation sites (N-methyl/N-ethyl adjacent to an activating group) is 1. The fourth-order valence-electron chi connectivity index (χ4n) is 2.40. The van der Waals surface area contributed by atoms with Crippen LogP contribution in [0.3, 0.4) is 0 Å². The Kier molecular flexibility index (Phi) is 5.80. The maximum absolute atomic E-state index is 12.1. The van der Waals surface area contributed by atoms with Crippen LogP contribution < -0.4 is 0 Å². The van der Waals surface area contributed by atoms with Crippen LogP contribution in [0.2, 0.25) is 0 Å². The first-order valence-corrected chi connectivity index (χ1v) is 7.16. The van der Waals surface area contributed by atoms with E-state index in [9.17, 15) is 9.59 Å². The summed E-state index contributed by atoms with van der Waals surface area (Å²) in [4.78, 5) is 26.5. The highest BCUT2D eigenvalue weighted by molar-refractivity contribution is 5.69. The van der Waals surface area contributed by atoms with E-state index in [2.05, 4.69) is 0 Å². The molecule has 1 fully saturated rings. The number of aliphatic carboxylic acids is 1. The minimum Gasteiger partial charge on any atom is -0.480 e. The molecule has 1 atom stereocenters. The van der Waals surface area contributed by atoms with E-state index in [1.54, 1.807) is 4.90 Å². The summed E-state index contributed by atoms with van der Waals surface area (Å²) in [6, 6.07) is 0.110. The van der Waals surface area contributed by atoms with Crippen LogP contribution in [0.5, 0.6) is 0 Å². The van der Waals surface area contributed by atoms with Gasteiger partial charge in [-0.2, -0.15) is 0 Å². The van der Waals surface area contributed by atoms with Gasteiger partial charge >= 0.3 is 12.1 Å². The zero-order chi connectivity index (χ0) is 15.3. The Morgan fingerprint density at radius 2 is 2.05 bits per heavy atom. The smallest absolute Gasteiger partial charge is 0.410 e. The third-order valence-electron chi connectivity index (χ3n) is 3.30. The number of ether oxygens (including phenoxy) is 1. The lowest BCUT2D eigenvalue weighted by atomic mass is 10.2. The van der Waals surface area contributed by atoms with Gasteiger partial charge in [-0.05, 0) is 47.1 Å². The van der Waals surface area contributed by atoms with Gasteiger partial charge in [0.1, 0.15) is 5.60 Å². The maximum atomic E-state index is 12.1. The molecule has 1 unspecified atom stereocenters. The lowest BCUT2D eigenvalue weighted by Gasteiger charge is -2.31. The Balaban J connectivity index is 2.58. The second-order valence-corrected chi connectivity index (χ2v) is 6.18. The topological polar surface area (TPSA) is 70.1 Å². The molecule has 0 radical (unpaired) electrons. The summed E-state index contributed by atoms with van der Waals surface area (Å²) >= 11 is 0. The van der Waals surface area contributed by atoms with Gasteiger partial charge in [-0.1, -0.05) is 0 Å². The SMILES string of the molecule is CCN(CC1CCCN1CC(=O)O)C(=O)OC(C)(C)C. The van der Waals surface area contributed by atoms with Crippen LogP contribution in [0.25, 0.3) is 0 Å². The molecular weight excluding hydrogens is 260 g/mol. The molecule has 6 nitrogen and oxygen atoms in total. The van der Waals surface area contributed by atoms with Crippen molar-refractivity contribution in [3.05, 3.63) is 0 Å². The van der Waals surface area contributed by atoms with E-state index >= 15 is 0 Å². The normalized spacial score (nSPS) is 19.9. The first-order valence-electron chi connectivity index (χ1n) is 7.16. The maximum Gasteiger partial charge on any atom is 0.410 e. The van der Waals surface area contributed by atoms with Gasteiger partial charge in [0.15, 0.2) is 0 Å². The highest BCUT2D eigenvalue weighted by Gasteiger charge is 2.30. The standard InChI is InChI=1S/C14H26N2O4/c1-5-15(13(19)20-14(2,3)4)9-11-7-6-8-16(11)10-12(17)18/h11H,5-10H2,1-4H3,(H,17,18). The van der Waals surface area contributed by atoms with Crippen LogP contribution in [0.1, 0.15) is 40.5 Å². The number of nitrogens with zero attached hydrogens (tertiary/aromatic N) is 2. The molecule has 0 aromatic carbocycles. The predicted octanol–water partition coefficient (Wildman–Crippen LogP) is 1.79. The summed E-state index contributed by atoms with van der Waals surface area (Å²) in [5, 5.41) is 8.90. The number of carbonyl (C=O) groups excluding carboxylic acids is 1. The number of carbonyl (C=O) groups is 2. The summed E-state index contributed by atoms with van der Waals surface area (Å²) in [5.74, 6) is -0.822. The molecule has 1 aliphatic rings. The quantitative estimate of drug-likeness (QED) is 0.834. The molecule has 1 saturated heterocycles. The van der Waals surface area contributed by atoms with Gasteiger partial charge in [-0.3, -0.25) is 9.69 Å². The van der Waals surface area contributed by atoms with Crippen molar-refractivity contribution in [2.24, 2.45) is 0 Å². The van der Waals surface area contributed by atoms with Gasteiger partial charge in [-0.15, -0.1) is 0 Å². The Labute approximate surface area is 120 Å². The number of carboxylic acid groups (broad SMARTS) is 1. The molecule has 6 heteroatoms. The lowest BCUT2D eigenvalue weighted by molar-refractivity contribution is -0.138. The molecule has 0 spiro atoms.